The summed E-state index contributed by atoms with van der Waals surface area (Å²) in [4.78, 5) is 13.8. The monoisotopic (exact) mass is 197 g/mol. The normalized spacial score (nSPS) is 37.0. The molecule has 4 heteroatoms. The van der Waals surface area contributed by atoms with Crippen molar-refractivity contribution in [1.82, 2.24) is 10.2 Å². The van der Waals surface area contributed by atoms with E-state index in [0.29, 0.717) is 6.54 Å². The summed E-state index contributed by atoms with van der Waals surface area (Å²) in [7, 11) is 0. The first-order valence-electron chi connectivity index (χ1n) is 5.37. The van der Waals surface area contributed by atoms with Crippen molar-refractivity contribution in [3.63, 3.8) is 0 Å². The predicted molar refractivity (Wildman–Crippen MR) is 54.8 cm³/mol. The third-order valence-electron chi connectivity index (χ3n) is 3.48. The SMILES string of the molecule is CC1(CN)CCN(C(=O)[C@H]2CCN2)C1. The van der Waals surface area contributed by atoms with Gasteiger partial charge < -0.3 is 16.0 Å². The summed E-state index contributed by atoms with van der Waals surface area (Å²) in [5.74, 6) is 0.272. The summed E-state index contributed by atoms with van der Waals surface area (Å²) in [5, 5.41) is 3.15. The minimum absolute atomic E-state index is 0.0927. The molecule has 0 radical (unpaired) electrons. The molecule has 0 bridgehead atoms. The van der Waals surface area contributed by atoms with Gasteiger partial charge in [-0.2, -0.15) is 0 Å². The van der Waals surface area contributed by atoms with Gasteiger partial charge in [0, 0.05) is 13.1 Å². The first-order chi connectivity index (χ1) is 6.64. The second kappa shape index (κ2) is 3.51. The van der Waals surface area contributed by atoms with Gasteiger partial charge >= 0.3 is 0 Å². The van der Waals surface area contributed by atoms with Crippen LogP contribution in [0.15, 0.2) is 0 Å². The molecule has 0 aromatic carbocycles. The zero-order chi connectivity index (χ0) is 10.2. The average molecular weight is 197 g/mol. The number of carbonyl (C=O) groups is 1. The maximum Gasteiger partial charge on any atom is 0.239 e. The number of nitrogens with two attached hydrogens (primary N) is 1. The molecule has 4 nitrogen and oxygen atoms in total. The van der Waals surface area contributed by atoms with Gasteiger partial charge in [0.15, 0.2) is 0 Å². The summed E-state index contributed by atoms with van der Waals surface area (Å²) in [6.45, 7) is 5.53. The molecular formula is C10H19N3O. The molecule has 3 N–H and O–H groups in total. The standard InChI is InChI=1S/C10H19N3O/c1-10(6-11)3-5-13(7-10)9(14)8-2-4-12-8/h8,12H,2-7,11H2,1H3/t8-,10?/m1/s1. The molecular weight excluding hydrogens is 178 g/mol. The van der Waals surface area contributed by atoms with Crippen LogP contribution >= 0.6 is 0 Å². The zero-order valence-corrected chi connectivity index (χ0v) is 8.75. The fourth-order valence-electron chi connectivity index (χ4n) is 2.10. The Labute approximate surface area is 84.8 Å². The van der Waals surface area contributed by atoms with Crippen LogP contribution in [0.25, 0.3) is 0 Å². The van der Waals surface area contributed by atoms with E-state index in [-0.39, 0.29) is 17.4 Å². The van der Waals surface area contributed by atoms with Crippen LogP contribution in [-0.2, 0) is 4.79 Å². The summed E-state index contributed by atoms with van der Waals surface area (Å²) in [5.41, 5.74) is 5.85. The van der Waals surface area contributed by atoms with Crippen LogP contribution in [0.4, 0.5) is 0 Å². The highest BCUT2D eigenvalue weighted by Gasteiger charge is 2.38. The Morgan fingerprint density at radius 3 is 2.86 bits per heavy atom. The molecule has 2 fully saturated rings. The van der Waals surface area contributed by atoms with Crippen molar-refractivity contribution in [3.8, 4) is 0 Å². The van der Waals surface area contributed by atoms with E-state index < -0.39 is 0 Å². The van der Waals surface area contributed by atoms with Crippen LogP contribution in [0.3, 0.4) is 0 Å². The lowest BCUT2D eigenvalue weighted by Crippen LogP contribution is -2.54. The van der Waals surface area contributed by atoms with Gasteiger partial charge in [-0.15, -0.1) is 0 Å². The van der Waals surface area contributed by atoms with Crippen molar-refractivity contribution in [2.45, 2.75) is 25.8 Å². The highest BCUT2D eigenvalue weighted by molar-refractivity contribution is 5.83. The van der Waals surface area contributed by atoms with Crippen LogP contribution in [0.5, 0.6) is 0 Å². The third kappa shape index (κ3) is 1.64. The molecule has 2 rings (SSSR count). The Kier molecular flexibility index (Phi) is 2.49. The molecule has 14 heavy (non-hydrogen) atoms. The van der Waals surface area contributed by atoms with Gasteiger partial charge in [-0.05, 0) is 31.3 Å². The first kappa shape index (κ1) is 9.93. The van der Waals surface area contributed by atoms with E-state index in [1.807, 2.05) is 4.90 Å². The second-order valence-electron chi connectivity index (χ2n) is 4.82. The smallest absolute Gasteiger partial charge is 0.239 e. The van der Waals surface area contributed by atoms with Crippen molar-refractivity contribution in [2.75, 3.05) is 26.2 Å². The van der Waals surface area contributed by atoms with Crippen molar-refractivity contribution < 1.29 is 4.79 Å². The largest absolute Gasteiger partial charge is 0.341 e. The average Bonchev–Trinajstić information content (AvgIpc) is 2.46. The van der Waals surface area contributed by atoms with E-state index in [0.717, 1.165) is 32.5 Å². The number of rotatable bonds is 2. The Morgan fingerprint density at radius 1 is 1.71 bits per heavy atom. The zero-order valence-electron chi connectivity index (χ0n) is 8.75. The number of hydrogen-bond acceptors (Lipinski definition) is 3. The topological polar surface area (TPSA) is 58.4 Å². The Bertz CT molecular complexity index is 240. The Hall–Kier alpha value is -0.610. The number of likely N-dealkylation sites (tertiary alicyclic amines) is 1. The molecule has 0 aromatic heterocycles. The second-order valence-corrected chi connectivity index (χ2v) is 4.82. The van der Waals surface area contributed by atoms with Crippen LogP contribution in [0, 0.1) is 5.41 Å². The molecule has 1 unspecified atom stereocenters. The lowest BCUT2D eigenvalue weighted by Gasteiger charge is -2.31. The van der Waals surface area contributed by atoms with E-state index in [2.05, 4.69) is 12.2 Å². The molecule has 2 atom stereocenters. The lowest BCUT2D eigenvalue weighted by atomic mass is 9.90. The van der Waals surface area contributed by atoms with E-state index in [1.165, 1.54) is 0 Å². The van der Waals surface area contributed by atoms with Gasteiger partial charge in [0.1, 0.15) is 0 Å². The van der Waals surface area contributed by atoms with Crippen molar-refractivity contribution in [3.05, 3.63) is 0 Å². The van der Waals surface area contributed by atoms with Gasteiger partial charge in [0.05, 0.1) is 6.04 Å². The highest BCUT2D eigenvalue weighted by Crippen LogP contribution is 2.29. The van der Waals surface area contributed by atoms with Crippen molar-refractivity contribution in [2.24, 2.45) is 11.1 Å². The van der Waals surface area contributed by atoms with Crippen LogP contribution in [0.1, 0.15) is 19.8 Å². The van der Waals surface area contributed by atoms with Gasteiger partial charge in [-0.25, -0.2) is 0 Å². The van der Waals surface area contributed by atoms with Gasteiger partial charge in [-0.1, -0.05) is 6.92 Å². The van der Waals surface area contributed by atoms with Gasteiger partial charge in [-0.3, -0.25) is 4.79 Å². The molecule has 2 aliphatic heterocycles. The maximum absolute atomic E-state index is 11.9. The maximum atomic E-state index is 11.9. The van der Waals surface area contributed by atoms with Crippen LogP contribution < -0.4 is 11.1 Å². The molecule has 2 aliphatic rings. The van der Waals surface area contributed by atoms with Crippen molar-refractivity contribution >= 4 is 5.91 Å². The highest BCUT2D eigenvalue weighted by atomic mass is 16.2. The van der Waals surface area contributed by atoms with E-state index >= 15 is 0 Å². The summed E-state index contributed by atoms with van der Waals surface area (Å²) in [6.07, 6.45) is 2.04. The minimum atomic E-state index is 0.0927. The number of nitrogens with zero attached hydrogens (tertiary/aromatic N) is 1. The first-order valence-corrected chi connectivity index (χ1v) is 5.37. The summed E-state index contributed by atoms with van der Waals surface area (Å²) in [6, 6.07) is 0.0927. The quantitative estimate of drug-likeness (QED) is 0.630. The fourth-order valence-corrected chi connectivity index (χ4v) is 2.10. The van der Waals surface area contributed by atoms with E-state index in [4.69, 9.17) is 5.73 Å². The minimum Gasteiger partial charge on any atom is -0.341 e. The number of hydrogen-bond donors (Lipinski definition) is 2. The number of nitrogens with one attached hydrogen (secondary N) is 1. The van der Waals surface area contributed by atoms with Crippen LogP contribution in [0.2, 0.25) is 0 Å². The molecule has 0 aliphatic carbocycles. The summed E-state index contributed by atoms with van der Waals surface area (Å²) >= 11 is 0. The third-order valence-corrected chi connectivity index (χ3v) is 3.48. The Morgan fingerprint density at radius 2 is 2.43 bits per heavy atom. The molecule has 0 aromatic rings. The summed E-state index contributed by atoms with van der Waals surface area (Å²) < 4.78 is 0. The van der Waals surface area contributed by atoms with Gasteiger partial charge in [0.25, 0.3) is 0 Å². The Balaban J connectivity index is 1.91. The molecule has 2 heterocycles. The number of amides is 1. The van der Waals surface area contributed by atoms with Crippen molar-refractivity contribution in [1.29, 1.82) is 0 Å². The molecule has 0 saturated carbocycles. The molecule has 80 valence electrons. The molecule has 0 spiro atoms. The predicted octanol–water partition coefficient (Wildman–Crippen LogP) is -0.454. The molecule has 1 amide bonds. The van der Waals surface area contributed by atoms with Crippen LogP contribution in [-0.4, -0.2) is 43.0 Å². The molecule has 2 saturated heterocycles. The van der Waals surface area contributed by atoms with E-state index in [9.17, 15) is 4.79 Å². The number of carbonyl (C=O) groups excluding carboxylic acids is 1. The van der Waals surface area contributed by atoms with Gasteiger partial charge in [0.2, 0.25) is 5.91 Å². The van der Waals surface area contributed by atoms with E-state index in [1.54, 1.807) is 0 Å². The lowest BCUT2D eigenvalue weighted by molar-refractivity contribution is -0.134. The fraction of sp³-hybridized carbons (Fsp3) is 0.900.